The Hall–Kier alpha value is -3.24. The highest BCUT2D eigenvalue weighted by molar-refractivity contribution is 7.89. The Balaban J connectivity index is 1.62. The lowest BCUT2D eigenvalue weighted by atomic mass is 9.94. The number of nitrogens with one attached hydrogen (secondary N) is 1. The molecule has 39 heavy (non-hydrogen) atoms. The number of hydrogen-bond donors (Lipinski definition) is 3. The lowest BCUT2D eigenvalue weighted by molar-refractivity contribution is -0.136. The number of rotatable bonds is 14. The summed E-state index contributed by atoms with van der Waals surface area (Å²) in [7, 11) is -0.765. The molecule has 0 aliphatic carbocycles. The van der Waals surface area contributed by atoms with Crippen molar-refractivity contribution in [3.63, 3.8) is 0 Å². The molecule has 3 rings (SSSR count). The van der Waals surface area contributed by atoms with E-state index < -0.39 is 22.1 Å². The van der Waals surface area contributed by atoms with Gasteiger partial charge in [-0.1, -0.05) is 48.5 Å². The van der Waals surface area contributed by atoms with Crippen molar-refractivity contribution in [3.05, 3.63) is 83.9 Å². The van der Waals surface area contributed by atoms with Crippen LogP contribution in [0.2, 0.25) is 0 Å². The van der Waals surface area contributed by atoms with Crippen molar-refractivity contribution in [3.8, 4) is 16.9 Å². The highest BCUT2D eigenvalue weighted by atomic mass is 32.2. The maximum absolute atomic E-state index is 13.3. The molecule has 0 amide bonds. The van der Waals surface area contributed by atoms with Crippen molar-refractivity contribution in [1.29, 1.82) is 0 Å². The van der Waals surface area contributed by atoms with Gasteiger partial charge in [0.1, 0.15) is 5.75 Å². The second-order valence-corrected chi connectivity index (χ2v) is 12.4. The minimum atomic E-state index is -3.85. The molecule has 0 aliphatic heterocycles. The first kappa shape index (κ1) is 30.3. The van der Waals surface area contributed by atoms with Crippen LogP contribution in [0.1, 0.15) is 31.4 Å². The summed E-state index contributed by atoms with van der Waals surface area (Å²) >= 11 is 0. The third kappa shape index (κ3) is 8.90. The van der Waals surface area contributed by atoms with Crippen LogP contribution in [-0.4, -0.2) is 67.8 Å². The molecule has 210 valence electrons. The van der Waals surface area contributed by atoms with E-state index in [0.29, 0.717) is 12.0 Å². The second-order valence-electron chi connectivity index (χ2n) is 10.4. The zero-order chi connectivity index (χ0) is 28.6. The summed E-state index contributed by atoms with van der Waals surface area (Å²) in [5.74, 6) is -0.0753. The molecular weight excluding hydrogens is 516 g/mol. The number of methoxy groups -OCH3 is 1. The molecule has 3 N–H and O–H groups in total. The molecule has 0 unspecified atom stereocenters. The van der Waals surface area contributed by atoms with Crippen LogP contribution in [0.4, 0.5) is 0 Å². The molecule has 3 aromatic carbocycles. The van der Waals surface area contributed by atoms with Gasteiger partial charge in [-0.05, 0) is 73.2 Å². The topological polar surface area (TPSA) is 116 Å². The standard InChI is InChI=1S/C30H38N2O6S/c1-30(2,19-23-11-14-27(38-4)15-12-23)31-20-26(33)21-32(3)39(36,37)28-10-6-9-25(18-28)24-8-5-7-22(17-24)13-16-29(34)35/h5-12,14-15,17-18,26,31,33H,13,16,19-21H2,1-4H3,(H,34,35)/t26-/m1/s1. The monoisotopic (exact) mass is 554 g/mol. The lowest BCUT2D eigenvalue weighted by Crippen LogP contribution is -2.47. The van der Waals surface area contributed by atoms with Gasteiger partial charge in [0, 0.05) is 32.1 Å². The summed E-state index contributed by atoms with van der Waals surface area (Å²) in [5.41, 5.74) is 3.19. The highest BCUT2D eigenvalue weighted by Crippen LogP contribution is 2.25. The van der Waals surface area contributed by atoms with Gasteiger partial charge in [-0.15, -0.1) is 0 Å². The van der Waals surface area contributed by atoms with Crippen molar-refractivity contribution < 1.29 is 28.2 Å². The number of aryl methyl sites for hydroxylation is 1. The Bertz CT molecular complexity index is 1360. The van der Waals surface area contributed by atoms with Crippen LogP contribution in [0.25, 0.3) is 11.1 Å². The number of nitrogens with zero attached hydrogens (tertiary/aromatic N) is 1. The Morgan fingerprint density at radius 1 is 1.00 bits per heavy atom. The van der Waals surface area contributed by atoms with Crippen molar-refractivity contribution >= 4 is 16.0 Å². The van der Waals surface area contributed by atoms with Gasteiger partial charge in [0.05, 0.1) is 18.1 Å². The molecular formula is C30H38N2O6S. The van der Waals surface area contributed by atoms with Crippen molar-refractivity contribution in [1.82, 2.24) is 9.62 Å². The van der Waals surface area contributed by atoms with Crippen molar-refractivity contribution in [2.75, 3.05) is 27.2 Å². The van der Waals surface area contributed by atoms with Gasteiger partial charge in [-0.3, -0.25) is 4.79 Å². The molecule has 0 heterocycles. The van der Waals surface area contributed by atoms with Crippen LogP contribution in [0.15, 0.2) is 77.7 Å². The van der Waals surface area contributed by atoms with Gasteiger partial charge in [0.15, 0.2) is 0 Å². The molecule has 0 fully saturated rings. The maximum atomic E-state index is 13.3. The minimum Gasteiger partial charge on any atom is -0.497 e. The number of β-amino-alcohol motifs (C(OH)–C–C–N with tert-alkyl or cyclic N) is 1. The second kappa shape index (κ2) is 13.2. The molecule has 0 spiro atoms. The van der Waals surface area contributed by atoms with Crippen LogP contribution >= 0.6 is 0 Å². The number of ether oxygens (including phenoxy) is 1. The van der Waals surface area contributed by atoms with E-state index in [1.807, 2.05) is 68.4 Å². The van der Waals surface area contributed by atoms with E-state index in [4.69, 9.17) is 9.84 Å². The molecule has 0 radical (unpaired) electrons. The summed E-state index contributed by atoms with van der Waals surface area (Å²) in [6.07, 6.45) is 0.238. The third-order valence-electron chi connectivity index (χ3n) is 6.52. The van der Waals surface area contributed by atoms with Crippen LogP contribution in [-0.2, 0) is 27.7 Å². The Kier molecular flexibility index (Phi) is 10.3. The predicted octanol–water partition coefficient (Wildman–Crippen LogP) is 3.97. The smallest absolute Gasteiger partial charge is 0.303 e. The largest absolute Gasteiger partial charge is 0.497 e. The van der Waals surface area contributed by atoms with E-state index in [9.17, 15) is 18.3 Å². The number of carbonyl (C=O) groups is 1. The predicted molar refractivity (Wildman–Crippen MR) is 152 cm³/mol. The number of hydrogen-bond acceptors (Lipinski definition) is 6. The number of carboxylic acids is 1. The number of aliphatic carboxylic acids is 1. The third-order valence-corrected chi connectivity index (χ3v) is 8.34. The molecule has 0 saturated carbocycles. The van der Waals surface area contributed by atoms with Crippen LogP contribution in [0.5, 0.6) is 5.75 Å². The van der Waals surface area contributed by atoms with Gasteiger partial charge in [0.2, 0.25) is 10.0 Å². The highest BCUT2D eigenvalue weighted by Gasteiger charge is 2.25. The molecule has 3 aromatic rings. The first-order valence-electron chi connectivity index (χ1n) is 12.8. The normalized spacial score (nSPS) is 12.9. The van der Waals surface area contributed by atoms with E-state index in [1.54, 1.807) is 19.2 Å². The Morgan fingerprint density at radius 3 is 2.28 bits per heavy atom. The van der Waals surface area contributed by atoms with E-state index >= 15 is 0 Å². The van der Waals surface area contributed by atoms with Gasteiger partial charge in [-0.25, -0.2) is 8.42 Å². The zero-order valence-corrected chi connectivity index (χ0v) is 23.7. The number of aliphatic hydroxyl groups excluding tert-OH is 1. The summed E-state index contributed by atoms with van der Waals surface area (Å²) in [6.45, 7) is 4.23. The van der Waals surface area contributed by atoms with E-state index in [-0.39, 0.29) is 29.9 Å². The number of benzene rings is 3. The fourth-order valence-electron chi connectivity index (χ4n) is 4.34. The van der Waals surface area contributed by atoms with E-state index in [2.05, 4.69) is 5.32 Å². The van der Waals surface area contributed by atoms with Gasteiger partial charge in [-0.2, -0.15) is 4.31 Å². The first-order chi connectivity index (χ1) is 18.4. The fraction of sp³-hybridized carbons (Fsp3) is 0.367. The first-order valence-corrected chi connectivity index (χ1v) is 14.3. The molecule has 0 aliphatic rings. The number of aliphatic hydroxyl groups is 1. The summed E-state index contributed by atoms with van der Waals surface area (Å²) in [5, 5.41) is 23.0. The molecule has 8 nitrogen and oxygen atoms in total. The SMILES string of the molecule is COc1ccc(CC(C)(C)NC[C@@H](O)CN(C)S(=O)(=O)c2cccc(-c3cccc(CCC(=O)O)c3)c2)cc1. The lowest BCUT2D eigenvalue weighted by Gasteiger charge is -2.29. The van der Waals surface area contributed by atoms with E-state index in [0.717, 1.165) is 33.2 Å². The number of likely N-dealkylation sites (N-methyl/N-ethyl adjacent to an activating group) is 1. The van der Waals surface area contributed by atoms with E-state index in [1.165, 1.54) is 13.1 Å². The summed E-state index contributed by atoms with van der Waals surface area (Å²) in [6, 6.07) is 21.9. The Labute approximate surface area is 231 Å². The van der Waals surface area contributed by atoms with Crippen LogP contribution in [0.3, 0.4) is 0 Å². The minimum absolute atomic E-state index is 0.0263. The quantitative estimate of drug-likeness (QED) is 0.276. The number of sulfonamides is 1. The molecule has 0 bridgehead atoms. The molecule has 0 saturated heterocycles. The Morgan fingerprint density at radius 2 is 1.64 bits per heavy atom. The molecule has 9 heteroatoms. The maximum Gasteiger partial charge on any atom is 0.303 e. The average Bonchev–Trinajstić information content (AvgIpc) is 2.91. The van der Waals surface area contributed by atoms with Crippen molar-refractivity contribution in [2.24, 2.45) is 0 Å². The van der Waals surface area contributed by atoms with Gasteiger partial charge >= 0.3 is 5.97 Å². The molecule has 1 atom stereocenters. The fourth-order valence-corrected chi connectivity index (χ4v) is 5.60. The van der Waals surface area contributed by atoms with Crippen LogP contribution < -0.4 is 10.1 Å². The number of carboxylic acid groups (broad SMARTS) is 1. The average molecular weight is 555 g/mol. The van der Waals surface area contributed by atoms with Crippen molar-refractivity contribution in [2.45, 2.75) is 49.6 Å². The van der Waals surface area contributed by atoms with Gasteiger partial charge < -0.3 is 20.3 Å². The van der Waals surface area contributed by atoms with Gasteiger partial charge in [0.25, 0.3) is 0 Å². The summed E-state index contributed by atoms with van der Waals surface area (Å²) in [4.78, 5) is 11.0. The molecule has 0 aromatic heterocycles. The zero-order valence-electron chi connectivity index (χ0n) is 22.9. The van der Waals surface area contributed by atoms with Crippen LogP contribution in [0, 0.1) is 0 Å². The summed E-state index contributed by atoms with van der Waals surface area (Å²) < 4.78 is 33.0.